The summed E-state index contributed by atoms with van der Waals surface area (Å²) in [4.78, 5) is 10.8. The van der Waals surface area contributed by atoms with E-state index in [2.05, 4.69) is 10.2 Å². The Balaban J connectivity index is 2.24. The van der Waals surface area contributed by atoms with Crippen LogP contribution in [-0.4, -0.2) is 21.3 Å². The van der Waals surface area contributed by atoms with Gasteiger partial charge in [0, 0.05) is 12.3 Å². The number of hydrogen-bond donors (Lipinski definition) is 1. The Morgan fingerprint density at radius 1 is 1.35 bits per heavy atom. The van der Waals surface area contributed by atoms with E-state index in [0.717, 1.165) is 0 Å². The van der Waals surface area contributed by atoms with Crippen LogP contribution < -0.4 is 4.74 Å². The Kier molecular flexibility index (Phi) is 3.00. The first kappa shape index (κ1) is 11.1. The van der Waals surface area contributed by atoms with Crippen molar-refractivity contribution in [2.45, 2.75) is 6.92 Å². The lowest BCUT2D eigenvalue weighted by Crippen LogP contribution is -1.99. The lowest BCUT2D eigenvalue weighted by atomic mass is 10.1. The Labute approximate surface area is 97.7 Å². The summed E-state index contributed by atoms with van der Waals surface area (Å²) < 4.78 is 5.43. The second kappa shape index (κ2) is 4.61. The average molecular weight is 230 g/mol. The minimum atomic E-state index is -0.950. The number of carboxylic acids is 1. The maximum Gasteiger partial charge on any atom is 0.335 e. The van der Waals surface area contributed by atoms with Gasteiger partial charge in [0.2, 0.25) is 5.88 Å². The number of nitrogens with zero attached hydrogens (tertiary/aromatic N) is 2. The third kappa shape index (κ3) is 2.57. The van der Waals surface area contributed by atoms with Crippen LogP contribution in [-0.2, 0) is 0 Å². The molecule has 0 saturated heterocycles. The molecule has 0 fully saturated rings. The number of carbonyl (C=O) groups is 1. The molecule has 2 rings (SSSR count). The van der Waals surface area contributed by atoms with Crippen LogP contribution in [0.25, 0.3) is 0 Å². The molecule has 1 heterocycles. The predicted molar refractivity (Wildman–Crippen MR) is 60.2 cm³/mol. The zero-order valence-electron chi connectivity index (χ0n) is 9.12. The van der Waals surface area contributed by atoms with Gasteiger partial charge in [0.25, 0.3) is 0 Å². The molecule has 1 aromatic heterocycles. The molecule has 5 nitrogen and oxygen atoms in total. The van der Waals surface area contributed by atoms with Crippen LogP contribution in [0.3, 0.4) is 0 Å². The summed E-state index contributed by atoms with van der Waals surface area (Å²) in [6.07, 6.45) is 1.55. The predicted octanol–water partition coefficient (Wildman–Crippen LogP) is 2.28. The lowest BCUT2D eigenvalue weighted by molar-refractivity contribution is 0.0696. The highest BCUT2D eigenvalue weighted by Gasteiger charge is 2.08. The maximum absolute atomic E-state index is 10.8. The topological polar surface area (TPSA) is 72.3 Å². The van der Waals surface area contributed by atoms with Crippen molar-refractivity contribution in [3.8, 4) is 11.6 Å². The standard InChI is InChI=1S/C12H10N2O3/c1-8-7-9(4-5-10(8)12(15)16)17-11-3-2-6-13-14-11/h2-7H,1H3,(H,15,16). The summed E-state index contributed by atoms with van der Waals surface area (Å²) in [5.74, 6) is -0.0449. The Morgan fingerprint density at radius 3 is 2.76 bits per heavy atom. The van der Waals surface area contributed by atoms with Crippen LogP contribution in [0, 0.1) is 6.92 Å². The van der Waals surface area contributed by atoms with E-state index in [-0.39, 0.29) is 5.56 Å². The van der Waals surface area contributed by atoms with Gasteiger partial charge in [-0.3, -0.25) is 0 Å². The zero-order valence-corrected chi connectivity index (χ0v) is 9.12. The molecular formula is C12H10N2O3. The van der Waals surface area contributed by atoms with Gasteiger partial charge in [0.05, 0.1) is 5.56 Å². The number of hydrogen-bond acceptors (Lipinski definition) is 4. The molecule has 0 aliphatic rings. The van der Waals surface area contributed by atoms with Crippen LogP contribution in [0.1, 0.15) is 15.9 Å². The van der Waals surface area contributed by atoms with Crippen molar-refractivity contribution in [1.29, 1.82) is 0 Å². The van der Waals surface area contributed by atoms with E-state index < -0.39 is 5.97 Å². The lowest BCUT2D eigenvalue weighted by Gasteiger charge is -2.06. The van der Waals surface area contributed by atoms with Gasteiger partial charge >= 0.3 is 5.97 Å². The van der Waals surface area contributed by atoms with E-state index in [0.29, 0.717) is 17.2 Å². The minimum Gasteiger partial charge on any atom is -0.478 e. The maximum atomic E-state index is 10.8. The number of aromatic nitrogens is 2. The van der Waals surface area contributed by atoms with Crippen LogP contribution in [0.2, 0.25) is 0 Å². The summed E-state index contributed by atoms with van der Waals surface area (Å²) in [6.45, 7) is 1.72. The highest BCUT2D eigenvalue weighted by Crippen LogP contribution is 2.21. The van der Waals surface area contributed by atoms with Crippen LogP contribution in [0.4, 0.5) is 0 Å². The first-order valence-electron chi connectivity index (χ1n) is 4.96. The Hall–Kier alpha value is -2.43. The number of rotatable bonds is 3. The van der Waals surface area contributed by atoms with Crippen molar-refractivity contribution < 1.29 is 14.6 Å². The quantitative estimate of drug-likeness (QED) is 0.875. The molecule has 0 atom stereocenters. The number of aryl methyl sites for hydroxylation is 1. The molecule has 0 spiro atoms. The summed E-state index contributed by atoms with van der Waals surface area (Å²) in [5, 5.41) is 16.3. The highest BCUT2D eigenvalue weighted by molar-refractivity contribution is 5.89. The molecule has 0 amide bonds. The normalized spacial score (nSPS) is 9.94. The molecule has 0 bridgehead atoms. The molecule has 0 aliphatic heterocycles. The van der Waals surface area contributed by atoms with Gasteiger partial charge in [-0.05, 0) is 36.8 Å². The largest absolute Gasteiger partial charge is 0.478 e. The van der Waals surface area contributed by atoms with Crippen molar-refractivity contribution in [3.05, 3.63) is 47.7 Å². The second-order valence-electron chi connectivity index (χ2n) is 3.45. The van der Waals surface area contributed by atoms with E-state index in [1.54, 1.807) is 37.4 Å². The molecule has 1 aromatic carbocycles. The van der Waals surface area contributed by atoms with E-state index >= 15 is 0 Å². The molecular weight excluding hydrogens is 220 g/mol. The fourth-order valence-corrected chi connectivity index (χ4v) is 1.40. The number of aromatic carboxylic acids is 1. The van der Waals surface area contributed by atoms with Crippen molar-refractivity contribution in [2.24, 2.45) is 0 Å². The third-order valence-corrected chi connectivity index (χ3v) is 2.20. The monoisotopic (exact) mass is 230 g/mol. The molecule has 0 aliphatic carbocycles. The summed E-state index contributed by atoms with van der Waals surface area (Å²) >= 11 is 0. The summed E-state index contributed by atoms with van der Waals surface area (Å²) in [6, 6.07) is 8.13. The molecule has 86 valence electrons. The molecule has 0 saturated carbocycles. The minimum absolute atomic E-state index is 0.261. The molecule has 2 aromatic rings. The number of benzene rings is 1. The van der Waals surface area contributed by atoms with Gasteiger partial charge in [0.15, 0.2) is 0 Å². The van der Waals surface area contributed by atoms with E-state index in [4.69, 9.17) is 9.84 Å². The molecule has 1 N–H and O–H groups in total. The third-order valence-electron chi connectivity index (χ3n) is 2.20. The van der Waals surface area contributed by atoms with Crippen LogP contribution >= 0.6 is 0 Å². The van der Waals surface area contributed by atoms with Crippen LogP contribution in [0.15, 0.2) is 36.5 Å². The van der Waals surface area contributed by atoms with Gasteiger partial charge in [-0.25, -0.2) is 4.79 Å². The van der Waals surface area contributed by atoms with E-state index in [1.807, 2.05) is 0 Å². The first-order chi connectivity index (χ1) is 8.16. The zero-order chi connectivity index (χ0) is 12.3. The average Bonchev–Trinajstić information content (AvgIpc) is 2.30. The fourth-order valence-electron chi connectivity index (χ4n) is 1.40. The van der Waals surface area contributed by atoms with Crippen LogP contribution in [0.5, 0.6) is 11.6 Å². The summed E-state index contributed by atoms with van der Waals surface area (Å²) in [5.41, 5.74) is 0.899. The van der Waals surface area contributed by atoms with Crippen molar-refractivity contribution in [2.75, 3.05) is 0 Å². The Morgan fingerprint density at radius 2 is 2.18 bits per heavy atom. The first-order valence-corrected chi connectivity index (χ1v) is 4.96. The van der Waals surface area contributed by atoms with Gasteiger partial charge in [-0.1, -0.05) is 0 Å². The number of ether oxygens (including phenoxy) is 1. The second-order valence-corrected chi connectivity index (χ2v) is 3.45. The van der Waals surface area contributed by atoms with Gasteiger partial charge in [-0.2, -0.15) is 5.10 Å². The van der Waals surface area contributed by atoms with Gasteiger partial charge in [-0.15, -0.1) is 5.10 Å². The van der Waals surface area contributed by atoms with Crippen molar-refractivity contribution in [1.82, 2.24) is 10.2 Å². The smallest absolute Gasteiger partial charge is 0.335 e. The van der Waals surface area contributed by atoms with E-state index in [9.17, 15) is 4.79 Å². The SMILES string of the molecule is Cc1cc(Oc2cccnn2)ccc1C(=O)O. The van der Waals surface area contributed by atoms with E-state index in [1.165, 1.54) is 6.07 Å². The Bertz CT molecular complexity index is 541. The molecule has 0 radical (unpaired) electrons. The molecule has 17 heavy (non-hydrogen) atoms. The fraction of sp³-hybridized carbons (Fsp3) is 0.0833. The van der Waals surface area contributed by atoms with Crippen molar-refractivity contribution >= 4 is 5.97 Å². The molecule has 0 unspecified atom stereocenters. The highest BCUT2D eigenvalue weighted by atomic mass is 16.5. The van der Waals surface area contributed by atoms with Gasteiger partial charge < -0.3 is 9.84 Å². The molecule has 5 heteroatoms. The summed E-state index contributed by atoms with van der Waals surface area (Å²) in [7, 11) is 0. The number of carboxylic acid groups (broad SMARTS) is 1. The van der Waals surface area contributed by atoms with Gasteiger partial charge in [0.1, 0.15) is 5.75 Å². The van der Waals surface area contributed by atoms with Crippen molar-refractivity contribution in [3.63, 3.8) is 0 Å².